The van der Waals surface area contributed by atoms with E-state index in [0.29, 0.717) is 18.0 Å². The number of likely N-dealkylation sites (N-methyl/N-ethyl adjacent to an activating group) is 1. The molecule has 1 aromatic heterocycles. The zero-order chi connectivity index (χ0) is 22.9. The van der Waals surface area contributed by atoms with Crippen molar-refractivity contribution >= 4 is 10.9 Å². The van der Waals surface area contributed by atoms with Crippen molar-refractivity contribution in [3.8, 4) is 11.5 Å². The predicted molar refractivity (Wildman–Crippen MR) is 129 cm³/mol. The summed E-state index contributed by atoms with van der Waals surface area (Å²) >= 11 is 0. The van der Waals surface area contributed by atoms with Crippen molar-refractivity contribution in [1.29, 1.82) is 0 Å². The summed E-state index contributed by atoms with van der Waals surface area (Å²) in [7, 11) is 3.75. The second-order valence-electron chi connectivity index (χ2n) is 8.14. The summed E-state index contributed by atoms with van der Waals surface area (Å²) in [5.74, 6) is 1.34. The molecule has 0 saturated heterocycles. The van der Waals surface area contributed by atoms with Gasteiger partial charge in [-0.25, -0.2) is 0 Å². The molecule has 6 heteroatoms. The van der Waals surface area contributed by atoms with Gasteiger partial charge >= 0.3 is 0 Å². The first-order valence-electron chi connectivity index (χ1n) is 11.2. The number of aliphatic hydroxyl groups is 1. The van der Waals surface area contributed by atoms with Gasteiger partial charge in [-0.15, -0.1) is 0 Å². The van der Waals surface area contributed by atoms with Crippen molar-refractivity contribution < 1.29 is 14.6 Å². The Morgan fingerprint density at radius 3 is 2.41 bits per heavy atom. The van der Waals surface area contributed by atoms with E-state index < -0.39 is 6.10 Å². The fraction of sp³-hybridized carbons (Fsp3) is 0.423. The topological polar surface area (TPSA) is 58.1 Å². The molecule has 6 nitrogen and oxygen atoms in total. The van der Waals surface area contributed by atoms with Gasteiger partial charge in [-0.2, -0.15) is 0 Å². The molecule has 0 unspecified atom stereocenters. The van der Waals surface area contributed by atoms with Gasteiger partial charge in [0.1, 0.15) is 12.7 Å². The minimum Gasteiger partial charge on any atom is -0.493 e. The van der Waals surface area contributed by atoms with Crippen molar-refractivity contribution in [2.45, 2.75) is 33.0 Å². The smallest absolute Gasteiger partial charge is 0.161 e. The highest BCUT2D eigenvalue weighted by Gasteiger charge is 2.13. The molecule has 172 valence electrons. The molecule has 2 aromatic carbocycles. The van der Waals surface area contributed by atoms with E-state index in [1.807, 2.05) is 24.4 Å². The Bertz CT molecular complexity index is 991. The van der Waals surface area contributed by atoms with Gasteiger partial charge < -0.3 is 19.5 Å². The second kappa shape index (κ2) is 11.8. The van der Waals surface area contributed by atoms with Gasteiger partial charge in [-0.05, 0) is 61.6 Å². The first kappa shape index (κ1) is 24.0. The molecule has 3 aromatic rings. The van der Waals surface area contributed by atoms with E-state index in [-0.39, 0.29) is 6.61 Å². The zero-order valence-electron chi connectivity index (χ0n) is 19.6. The van der Waals surface area contributed by atoms with Crippen LogP contribution in [0.25, 0.3) is 10.9 Å². The van der Waals surface area contributed by atoms with Crippen LogP contribution in [0.1, 0.15) is 25.0 Å². The number of aromatic nitrogens is 1. The second-order valence-corrected chi connectivity index (χ2v) is 8.14. The molecule has 0 bridgehead atoms. The summed E-state index contributed by atoms with van der Waals surface area (Å²) < 4.78 is 11.4. The van der Waals surface area contributed by atoms with Crippen LogP contribution < -0.4 is 9.47 Å². The maximum Gasteiger partial charge on any atom is 0.161 e. The minimum atomic E-state index is -0.539. The Morgan fingerprint density at radius 2 is 1.69 bits per heavy atom. The highest BCUT2D eigenvalue weighted by Crippen LogP contribution is 2.29. The average Bonchev–Trinajstić information content (AvgIpc) is 2.81. The number of aliphatic hydroxyl groups excluding tert-OH is 1. The Balaban J connectivity index is 1.58. The first-order chi connectivity index (χ1) is 15.5. The number of ether oxygens (including phenoxy) is 2. The standard InChI is InChI=1S/C26H35N3O3/c1-5-29(6-2)18-23(30)19-32-25-12-10-21(15-26(25)31-4)17-28(3)16-20-9-11-24-22(14-20)8-7-13-27-24/h7-15,23,30H,5-6,16-19H2,1-4H3/t23-/m1/s1. The van der Waals surface area contributed by atoms with E-state index in [1.165, 1.54) is 5.56 Å². The van der Waals surface area contributed by atoms with Crippen LogP contribution in [-0.2, 0) is 13.1 Å². The van der Waals surface area contributed by atoms with Crippen molar-refractivity contribution in [3.05, 3.63) is 65.9 Å². The molecule has 0 aliphatic heterocycles. The summed E-state index contributed by atoms with van der Waals surface area (Å²) in [6.07, 6.45) is 1.28. The van der Waals surface area contributed by atoms with Crippen LogP contribution in [0.15, 0.2) is 54.7 Å². The van der Waals surface area contributed by atoms with Crippen LogP contribution in [0.4, 0.5) is 0 Å². The van der Waals surface area contributed by atoms with Gasteiger partial charge in [0.2, 0.25) is 0 Å². The number of hydrogen-bond donors (Lipinski definition) is 1. The summed E-state index contributed by atoms with van der Waals surface area (Å²) in [5, 5.41) is 11.4. The van der Waals surface area contributed by atoms with E-state index in [4.69, 9.17) is 9.47 Å². The molecular formula is C26H35N3O3. The van der Waals surface area contributed by atoms with Crippen molar-refractivity contribution in [1.82, 2.24) is 14.8 Å². The lowest BCUT2D eigenvalue weighted by molar-refractivity contribution is 0.0705. The fourth-order valence-corrected chi connectivity index (χ4v) is 3.85. The van der Waals surface area contributed by atoms with E-state index in [2.05, 4.69) is 66.0 Å². The van der Waals surface area contributed by atoms with Gasteiger partial charge in [-0.3, -0.25) is 9.88 Å². The molecule has 0 aliphatic rings. The third kappa shape index (κ3) is 6.66. The molecule has 0 radical (unpaired) electrons. The summed E-state index contributed by atoms with van der Waals surface area (Å²) in [6.45, 7) is 8.46. The third-order valence-corrected chi connectivity index (χ3v) is 5.60. The molecule has 1 atom stereocenters. The van der Waals surface area contributed by atoms with Crippen molar-refractivity contribution in [3.63, 3.8) is 0 Å². The molecule has 3 rings (SSSR count). The highest BCUT2D eigenvalue weighted by molar-refractivity contribution is 5.78. The Hall–Kier alpha value is -2.67. The molecule has 0 spiro atoms. The zero-order valence-corrected chi connectivity index (χ0v) is 19.6. The van der Waals surface area contributed by atoms with Crippen molar-refractivity contribution in [2.24, 2.45) is 0 Å². The quantitative estimate of drug-likeness (QED) is 0.463. The highest BCUT2D eigenvalue weighted by atomic mass is 16.5. The SMILES string of the molecule is CCN(CC)C[C@@H](O)COc1ccc(CN(C)Cc2ccc3ncccc3c2)cc1OC. The molecule has 1 N–H and O–H groups in total. The van der Waals surface area contributed by atoms with Crippen LogP contribution in [0.3, 0.4) is 0 Å². The van der Waals surface area contributed by atoms with E-state index in [1.54, 1.807) is 7.11 Å². The minimum absolute atomic E-state index is 0.239. The maximum atomic E-state index is 10.3. The largest absolute Gasteiger partial charge is 0.493 e. The van der Waals surface area contributed by atoms with Gasteiger partial charge in [-0.1, -0.05) is 32.0 Å². The van der Waals surface area contributed by atoms with Gasteiger partial charge in [0.05, 0.1) is 12.6 Å². The van der Waals surface area contributed by atoms with E-state index >= 15 is 0 Å². The predicted octanol–water partition coefficient (Wildman–Crippen LogP) is 3.96. The monoisotopic (exact) mass is 437 g/mol. The van der Waals surface area contributed by atoms with Gasteiger partial charge in [0.25, 0.3) is 0 Å². The lowest BCUT2D eigenvalue weighted by atomic mass is 10.1. The first-order valence-corrected chi connectivity index (χ1v) is 11.2. The molecule has 32 heavy (non-hydrogen) atoms. The van der Waals surface area contributed by atoms with Gasteiger partial charge in [0.15, 0.2) is 11.5 Å². The van der Waals surface area contributed by atoms with Crippen LogP contribution in [-0.4, -0.2) is 66.4 Å². The number of benzene rings is 2. The van der Waals surface area contributed by atoms with Crippen LogP contribution in [0.5, 0.6) is 11.5 Å². The van der Waals surface area contributed by atoms with Gasteiger partial charge in [0, 0.05) is 31.2 Å². The third-order valence-electron chi connectivity index (χ3n) is 5.60. The Morgan fingerprint density at radius 1 is 0.969 bits per heavy atom. The summed E-state index contributed by atoms with van der Waals surface area (Å²) in [5.41, 5.74) is 3.41. The Kier molecular flexibility index (Phi) is 8.85. The molecule has 1 heterocycles. The average molecular weight is 438 g/mol. The number of nitrogens with zero attached hydrogens (tertiary/aromatic N) is 3. The molecule has 0 amide bonds. The molecular weight excluding hydrogens is 402 g/mol. The molecule has 0 aliphatic carbocycles. The van der Waals surface area contributed by atoms with Crippen LogP contribution in [0, 0.1) is 0 Å². The fourth-order valence-electron chi connectivity index (χ4n) is 3.85. The normalized spacial score (nSPS) is 12.5. The summed E-state index contributed by atoms with van der Waals surface area (Å²) in [4.78, 5) is 8.83. The van der Waals surface area contributed by atoms with Crippen LogP contribution in [0.2, 0.25) is 0 Å². The van der Waals surface area contributed by atoms with E-state index in [0.717, 1.165) is 42.6 Å². The number of pyridine rings is 1. The van der Waals surface area contributed by atoms with Crippen LogP contribution >= 0.6 is 0 Å². The number of hydrogen-bond acceptors (Lipinski definition) is 6. The number of methoxy groups -OCH3 is 1. The number of rotatable bonds is 12. The summed E-state index contributed by atoms with van der Waals surface area (Å²) in [6, 6.07) is 16.4. The Labute approximate surface area is 191 Å². The molecule has 0 saturated carbocycles. The maximum absolute atomic E-state index is 10.3. The van der Waals surface area contributed by atoms with E-state index in [9.17, 15) is 5.11 Å². The van der Waals surface area contributed by atoms with Crippen molar-refractivity contribution in [2.75, 3.05) is 40.4 Å². The lowest BCUT2D eigenvalue weighted by Crippen LogP contribution is -2.35. The lowest BCUT2D eigenvalue weighted by Gasteiger charge is -2.22. The number of fused-ring (bicyclic) bond motifs is 1. The molecule has 0 fully saturated rings.